The second-order valence-electron chi connectivity index (χ2n) is 11.0. The third-order valence-electron chi connectivity index (χ3n) is 7.89. The number of imidazole rings is 1. The Morgan fingerprint density at radius 3 is 2.18 bits per heavy atom. The van der Waals surface area contributed by atoms with E-state index in [-0.39, 0.29) is 29.4 Å². The Morgan fingerprint density at radius 2 is 1.58 bits per heavy atom. The maximum atomic E-state index is 12.7. The molecule has 0 aliphatic carbocycles. The zero-order valence-corrected chi connectivity index (χ0v) is 25.7. The molecule has 45 heavy (non-hydrogen) atoms. The van der Waals surface area contributed by atoms with Gasteiger partial charge in [0.2, 0.25) is 5.95 Å². The summed E-state index contributed by atoms with van der Waals surface area (Å²) in [6.45, 7) is 0.308. The molecule has 11 nitrogen and oxygen atoms in total. The van der Waals surface area contributed by atoms with Gasteiger partial charge in [-0.15, -0.1) is 0 Å². The fraction of sp³-hybridized carbons (Fsp3) is 0.294. The summed E-state index contributed by atoms with van der Waals surface area (Å²) in [5.41, 5.74) is 2.24. The van der Waals surface area contributed by atoms with E-state index in [1.165, 1.54) is 0 Å². The van der Waals surface area contributed by atoms with Crippen LogP contribution in [0.25, 0.3) is 11.2 Å². The van der Waals surface area contributed by atoms with Gasteiger partial charge in [0.15, 0.2) is 11.2 Å². The molecule has 1 aliphatic rings. The molecule has 2 unspecified atom stereocenters. The second kappa shape index (κ2) is 12.9. The highest BCUT2D eigenvalue weighted by molar-refractivity contribution is 5.71. The van der Waals surface area contributed by atoms with Crippen molar-refractivity contribution in [1.29, 1.82) is 0 Å². The molecule has 0 amide bonds. The SMILES string of the molecule is COc1ccc(C(OCC2CCC(n3cnc4c(=O)[nH]c(N=CN(C)C)nc43)O2)(c2ccccc2)c2ccc(OC)cc2)cc1. The standard InChI is InChI=1S/C34H36N6O5/c1-39(2)21-36-33-37-31-30(32(41)38-33)35-22-40(31)29-19-18-28(45-29)20-44-34(23-8-6-5-7-9-23,24-10-14-26(42-3)15-11-24)25-12-16-27(43-4)17-13-25/h5-17,21-22,28-29H,18-20H2,1-4H3,(H,37,38,41). The number of ether oxygens (including phenoxy) is 4. The van der Waals surface area contributed by atoms with E-state index in [9.17, 15) is 4.79 Å². The number of nitrogens with zero attached hydrogens (tertiary/aromatic N) is 5. The van der Waals surface area contributed by atoms with Crippen molar-refractivity contribution in [3.8, 4) is 11.5 Å². The van der Waals surface area contributed by atoms with Gasteiger partial charge in [-0.1, -0.05) is 54.6 Å². The van der Waals surface area contributed by atoms with Crippen molar-refractivity contribution in [3.05, 3.63) is 112 Å². The molecule has 3 aromatic carbocycles. The summed E-state index contributed by atoms with van der Waals surface area (Å²) in [5.74, 6) is 1.72. The number of benzene rings is 3. The van der Waals surface area contributed by atoms with Crippen LogP contribution in [-0.4, -0.2) is 71.8 Å². The van der Waals surface area contributed by atoms with E-state index in [2.05, 4.69) is 32.1 Å². The zero-order valence-electron chi connectivity index (χ0n) is 25.7. The van der Waals surface area contributed by atoms with E-state index >= 15 is 0 Å². The minimum atomic E-state index is -0.947. The molecule has 0 radical (unpaired) electrons. The molecule has 3 heterocycles. The predicted octanol–water partition coefficient (Wildman–Crippen LogP) is 5.04. The number of aromatic amines is 1. The molecule has 5 aromatic rings. The topological polar surface area (TPSA) is 116 Å². The van der Waals surface area contributed by atoms with Gasteiger partial charge in [-0.2, -0.15) is 4.98 Å². The number of aromatic nitrogens is 4. The van der Waals surface area contributed by atoms with E-state index in [4.69, 9.17) is 18.9 Å². The first-order valence-corrected chi connectivity index (χ1v) is 14.7. The van der Waals surface area contributed by atoms with Gasteiger partial charge >= 0.3 is 0 Å². The molecule has 11 heteroatoms. The highest BCUT2D eigenvalue weighted by Crippen LogP contribution is 2.42. The average Bonchev–Trinajstić information content (AvgIpc) is 3.73. The smallest absolute Gasteiger partial charge is 0.280 e. The molecule has 232 valence electrons. The first-order chi connectivity index (χ1) is 21.9. The summed E-state index contributed by atoms with van der Waals surface area (Å²) in [7, 11) is 6.99. The molecule has 1 fully saturated rings. The molecular formula is C34H36N6O5. The monoisotopic (exact) mass is 608 g/mol. The number of H-pyrrole nitrogens is 1. The van der Waals surface area contributed by atoms with Crippen molar-refractivity contribution >= 4 is 23.5 Å². The molecule has 0 spiro atoms. The van der Waals surface area contributed by atoms with Crippen LogP contribution in [-0.2, 0) is 15.1 Å². The van der Waals surface area contributed by atoms with E-state index in [1.54, 1.807) is 36.4 Å². The molecular weight excluding hydrogens is 572 g/mol. The lowest BCUT2D eigenvalue weighted by Crippen LogP contribution is -2.35. The van der Waals surface area contributed by atoms with Crippen LogP contribution in [0.1, 0.15) is 35.8 Å². The summed E-state index contributed by atoms with van der Waals surface area (Å²) in [6, 6.07) is 26.1. The van der Waals surface area contributed by atoms with Crippen LogP contribution < -0.4 is 15.0 Å². The second-order valence-corrected chi connectivity index (χ2v) is 11.0. The van der Waals surface area contributed by atoms with Crippen LogP contribution in [0, 0.1) is 0 Å². The summed E-state index contributed by atoms with van der Waals surface area (Å²) < 4.78 is 26.3. The lowest BCUT2D eigenvalue weighted by molar-refractivity contribution is -0.0756. The number of nitrogens with one attached hydrogen (secondary N) is 1. The van der Waals surface area contributed by atoms with Gasteiger partial charge in [0.1, 0.15) is 23.3 Å². The summed E-state index contributed by atoms with van der Waals surface area (Å²) in [4.78, 5) is 30.3. The van der Waals surface area contributed by atoms with E-state index in [0.717, 1.165) is 34.6 Å². The van der Waals surface area contributed by atoms with Gasteiger partial charge < -0.3 is 23.8 Å². The van der Waals surface area contributed by atoms with Crippen molar-refractivity contribution in [2.45, 2.75) is 30.8 Å². The quantitative estimate of drug-likeness (QED) is 0.126. The Kier molecular flexibility index (Phi) is 8.63. The molecule has 1 N–H and O–H groups in total. The number of fused-ring (bicyclic) bond motifs is 1. The maximum Gasteiger partial charge on any atom is 0.280 e. The number of rotatable bonds is 11. The van der Waals surface area contributed by atoms with E-state index in [1.807, 2.05) is 80.8 Å². The van der Waals surface area contributed by atoms with Crippen LogP contribution in [0.4, 0.5) is 5.95 Å². The van der Waals surface area contributed by atoms with E-state index < -0.39 is 5.60 Å². The molecule has 1 saturated heterocycles. The van der Waals surface area contributed by atoms with Gasteiger partial charge in [0.25, 0.3) is 5.56 Å². The van der Waals surface area contributed by atoms with Crippen LogP contribution in [0.3, 0.4) is 0 Å². The molecule has 2 atom stereocenters. The molecule has 0 bridgehead atoms. The fourth-order valence-electron chi connectivity index (χ4n) is 5.66. The van der Waals surface area contributed by atoms with Crippen LogP contribution in [0.2, 0.25) is 0 Å². The van der Waals surface area contributed by atoms with Crippen LogP contribution >= 0.6 is 0 Å². The Labute approximate surface area is 261 Å². The Hall–Kier alpha value is -5.00. The van der Waals surface area contributed by atoms with Crippen LogP contribution in [0.15, 0.2) is 95.0 Å². The number of methoxy groups -OCH3 is 2. The van der Waals surface area contributed by atoms with Crippen molar-refractivity contribution in [1.82, 2.24) is 24.4 Å². The van der Waals surface area contributed by atoms with Gasteiger partial charge in [0, 0.05) is 14.1 Å². The maximum absolute atomic E-state index is 12.7. The summed E-state index contributed by atoms with van der Waals surface area (Å²) >= 11 is 0. The van der Waals surface area contributed by atoms with Crippen LogP contribution in [0.5, 0.6) is 11.5 Å². The zero-order chi connectivity index (χ0) is 31.4. The third-order valence-corrected chi connectivity index (χ3v) is 7.89. The summed E-state index contributed by atoms with van der Waals surface area (Å²) in [6.07, 6.45) is 4.04. The largest absolute Gasteiger partial charge is 0.497 e. The van der Waals surface area contributed by atoms with Crippen molar-refractivity contribution in [3.63, 3.8) is 0 Å². The number of aliphatic imine (C=N–C) groups is 1. The fourth-order valence-corrected chi connectivity index (χ4v) is 5.66. The van der Waals surface area contributed by atoms with Crippen molar-refractivity contribution < 1.29 is 18.9 Å². The average molecular weight is 609 g/mol. The van der Waals surface area contributed by atoms with Gasteiger partial charge in [-0.05, 0) is 53.8 Å². The van der Waals surface area contributed by atoms with Gasteiger partial charge in [-0.25, -0.2) is 9.98 Å². The van der Waals surface area contributed by atoms with E-state index in [0.29, 0.717) is 18.7 Å². The normalized spacial score (nSPS) is 16.8. The highest BCUT2D eigenvalue weighted by Gasteiger charge is 2.40. The highest BCUT2D eigenvalue weighted by atomic mass is 16.6. The molecule has 0 saturated carbocycles. The van der Waals surface area contributed by atoms with Crippen molar-refractivity contribution in [2.24, 2.45) is 4.99 Å². The first kappa shape index (κ1) is 30.0. The lowest BCUT2D eigenvalue weighted by Gasteiger charge is -2.37. The predicted molar refractivity (Wildman–Crippen MR) is 171 cm³/mol. The van der Waals surface area contributed by atoms with Gasteiger partial charge in [0.05, 0.1) is 39.6 Å². The lowest BCUT2D eigenvalue weighted by atomic mass is 9.80. The van der Waals surface area contributed by atoms with Gasteiger partial charge in [-0.3, -0.25) is 14.3 Å². The molecule has 6 rings (SSSR count). The molecule has 2 aromatic heterocycles. The number of hydrogen-bond donors (Lipinski definition) is 1. The minimum absolute atomic E-state index is 0.201. The minimum Gasteiger partial charge on any atom is -0.497 e. The third kappa shape index (κ3) is 6.04. The Morgan fingerprint density at radius 1 is 0.956 bits per heavy atom. The van der Waals surface area contributed by atoms with Crippen molar-refractivity contribution in [2.75, 3.05) is 34.9 Å². The molecule has 1 aliphatic heterocycles. The first-order valence-electron chi connectivity index (χ1n) is 14.7. The number of hydrogen-bond acceptors (Lipinski definition) is 8. The summed E-state index contributed by atoms with van der Waals surface area (Å²) in [5, 5.41) is 0. The Balaban J connectivity index is 1.32. The Bertz CT molecular complexity index is 1770.